The zero-order valence-corrected chi connectivity index (χ0v) is 8.77. The summed E-state index contributed by atoms with van der Waals surface area (Å²) in [5.74, 6) is 0.935. The van der Waals surface area contributed by atoms with Crippen molar-refractivity contribution in [3.05, 3.63) is 53.6 Å². The molecule has 1 heterocycles. The molecule has 0 radical (unpaired) electrons. The zero-order valence-electron chi connectivity index (χ0n) is 8.77. The monoisotopic (exact) mass is 201 g/mol. The highest BCUT2D eigenvalue weighted by Crippen LogP contribution is 2.14. The first-order valence-corrected chi connectivity index (χ1v) is 5.06. The second-order valence-electron chi connectivity index (χ2n) is 3.72. The van der Waals surface area contributed by atoms with Gasteiger partial charge in [0.1, 0.15) is 5.82 Å². The number of nitrogens with one attached hydrogen (secondary N) is 1. The molecule has 0 fully saturated rings. The average molecular weight is 201 g/mol. The van der Waals surface area contributed by atoms with E-state index in [0.717, 1.165) is 23.5 Å². The summed E-state index contributed by atoms with van der Waals surface area (Å²) in [5.41, 5.74) is 8.33. The summed E-state index contributed by atoms with van der Waals surface area (Å²) in [6.45, 7) is 1.94. The second-order valence-corrected chi connectivity index (χ2v) is 3.72. The molecule has 0 saturated carbocycles. The third-order valence-electron chi connectivity index (χ3n) is 2.42. The van der Waals surface area contributed by atoms with Gasteiger partial charge >= 0.3 is 0 Å². The zero-order chi connectivity index (χ0) is 10.7. The minimum atomic E-state index is 0.0334. The SMILES string of the molecule is Cc1ncc(CC(N)c2ccccc2)[nH]1. The number of imidazole rings is 1. The van der Waals surface area contributed by atoms with Gasteiger partial charge in [0.05, 0.1) is 0 Å². The van der Waals surface area contributed by atoms with Crippen LogP contribution < -0.4 is 5.73 Å². The van der Waals surface area contributed by atoms with Crippen LogP contribution in [0, 0.1) is 6.92 Å². The van der Waals surface area contributed by atoms with E-state index >= 15 is 0 Å². The summed E-state index contributed by atoms with van der Waals surface area (Å²) >= 11 is 0. The number of rotatable bonds is 3. The Bertz CT molecular complexity index is 419. The molecule has 0 amide bonds. The van der Waals surface area contributed by atoms with Crippen molar-refractivity contribution in [1.29, 1.82) is 0 Å². The lowest BCUT2D eigenvalue weighted by atomic mass is 10.0. The van der Waals surface area contributed by atoms with Gasteiger partial charge < -0.3 is 10.7 Å². The maximum Gasteiger partial charge on any atom is 0.103 e. The molecule has 0 aliphatic heterocycles. The van der Waals surface area contributed by atoms with Crippen molar-refractivity contribution in [1.82, 2.24) is 9.97 Å². The summed E-state index contributed by atoms with van der Waals surface area (Å²) in [4.78, 5) is 7.34. The van der Waals surface area contributed by atoms with Gasteiger partial charge in [-0.25, -0.2) is 4.98 Å². The van der Waals surface area contributed by atoms with Crippen LogP contribution in [0.25, 0.3) is 0 Å². The molecule has 78 valence electrons. The van der Waals surface area contributed by atoms with Gasteiger partial charge in [0.15, 0.2) is 0 Å². The van der Waals surface area contributed by atoms with Crippen molar-refractivity contribution < 1.29 is 0 Å². The Morgan fingerprint density at radius 3 is 2.67 bits per heavy atom. The van der Waals surface area contributed by atoms with Crippen LogP contribution in [-0.4, -0.2) is 9.97 Å². The number of aromatic amines is 1. The average Bonchev–Trinajstić information content (AvgIpc) is 2.65. The van der Waals surface area contributed by atoms with Gasteiger partial charge in [0.25, 0.3) is 0 Å². The topological polar surface area (TPSA) is 54.7 Å². The molecular formula is C12H15N3. The summed E-state index contributed by atoms with van der Waals surface area (Å²) in [6.07, 6.45) is 2.64. The van der Waals surface area contributed by atoms with Gasteiger partial charge in [-0.2, -0.15) is 0 Å². The number of benzene rings is 1. The lowest BCUT2D eigenvalue weighted by molar-refractivity contribution is 0.709. The van der Waals surface area contributed by atoms with E-state index in [-0.39, 0.29) is 6.04 Å². The van der Waals surface area contributed by atoms with Crippen molar-refractivity contribution in [3.8, 4) is 0 Å². The fraction of sp³-hybridized carbons (Fsp3) is 0.250. The van der Waals surface area contributed by atoms with Gasteiger partial charge in [-0.3, -0.25) is 0 Å². The maximum absolute atomic E-state index is 6.09. The van der Waals surface area contributed by atoms with E-state index in [2.05, 4.69) is 9.97 Å². The minimum absolute atomic E-state index is 0.0334. The van der Waals surface area contributed by atoms with E-state index < -0.39 is 0 Å². The molecule has 1 unspecified atom stereocenters. The smallest absolute Gasteiger partial charge is 0.103 e. The molecule has 1 atom stereocenters. The molecule has 0 saturated heterocycles. The second kappa shape index (κ2) is 4.28. The standard InChI is InChI=1S/C12H15N3/c1-9-14-8-11(15-9)7-12(13)10-5-3-2-4-6-10/h2-6,8,12H,7,13H2,1H3,(H,14,15). The Morgan fingerprint density at radius 2 is 2.07 bits per heavy atom. The van der Waals surface area contributed by atoms with Crippen LogP contribution in [0.5, 0.6) is 0 Å². The lowest BCUT2D eigenvalue weighted by Gasteiger charge is -2.10. The van der Waals surface area contributed by atoms with Crippen LogP contribution in [0.2, 0.25) is 0 Å². The lowest BCUT2D eigenvalue weighted by Crippen LogP contribution is -2.13. The predicted octanol–water partition coefficient (Wildman–Crippen LogP) is 1.96. The van der Waals surface area contributed by atoms with Gasteiger partial charge in [0.2, 0.25) is 0 Å². The number of hydrogen-bond donors (Lipinski definition) is 2. The Morgan fingerprint density at radius 1 is 1.33 bits per heavy atom. The highest BCUT2D eigenvalue weighted by molar-refractivity contribution is 5.20. The summed E-state index contributed by atoms with van der Waals surface area (Å²) in [6, 6.07) is 10.1. The largest absolute Gasteiger partial charge is 0.346 e. The van der Waals surface area contributed by atoms with Crippen LogP contribution >= 0.6 is 0 Å². The van der Waals surface area contributed by atoms with E-state index in [1.807, 2.05) is 43.5 Å². The molecule has 0 bridgehead atoms. The maximum atomic E-state index is 6.09. The van der Waals surface area contributed by atoms with Crippen molar-refractivity contribution >= 4 is 0 Å². The molecule has 1 aromatic heterocycles. The first-order chi connectivity index (χ1) is 7.25. The molecule has 3 N–H and O–H groups in total. The van der Waals surface area contributed by atoms with Crippen LogP contribution in [0.1, 0.15) is 23.1 Å². The Balaban J connectivity index is 2.07. The number of nitrogens with zero attached hydrogens (tertiary/aromatic N) is 1. The molecule has 2 rings (SSSR count). The van der Waals surface area contributed by atoms with E-state index in [1.54, 1.807) is 0 Å². The molecule has 1 aromatic carbocycles. The quantitative estimate of drug-likeness (QED) is 0.797. The van der Waals surface area contributed by atoms with Gasteiger partial charge in [-0.05, 0) is 12.5 Å². The molecule has 0 aliphatic carbocycles. The van der Waals surface area contributed by atoms with Crippen molar-refractivity contribution in [2.75, 3.05) is 0 Å². The van der Waals surface area contributed by atoms with E-state index in [9.17, 15) is 0 Å². The highest BCUT2D eigenvalue weighted by atomic mass is 14.9. The van der Waals surface area contributed by atoms with E-state index in [1.165, 1.54) is 0 Å². The first kappa shape index (κ1) is 9.93. The summed E-state index contributed by atoms with van der Waals surface area (Å²) < 4.78 is 0. The minimum Gasteiger partial charge on any atom is -0.346 e. The molecule has 15 heavy (non-hydrogen) atoms. The molecular weight excluding hydrogens is 186 g/mol. The van der Waals surface area contributed by atoms with Crippen LogP contribution in [0.15, 0.2) is 36.5 Å². The van der Waals surface area contributed by atoms with Gasteiger partial charge in [-0.1, -0.05) is 30.3 Å². The third-order valence-corrected chi connectivity index (χ3v) is 2.42. The molecule has 3 heteroatoms. The fourth-order valence-electron chi connectivity index (χ4n) is 1.63. The fourth-order valence-corrected chi connectivity index (χ4v) is 1.63. The van der Waals surface area contributed by atoms with Gasteiger partial charge in [0, 0.05) is 24.4 Å². The van der Waals surface area contributed by atoms with Crippen molar-refractivity contribution in [3.63, 3.8) is 0 Å². The van der Waals surface area contributed by atoms with Crippen LogP contribution in [0.4, 0.5) is 0 Å². The summed E-state index contributed by atoms with van der Waals surface area (Å²) in [7, 11) is 0. The normalized spacial score (nSPS) is 12.7. The molecule has 0 aliphatic rings. The van der Waals surface area contributed by atoms with E-state index in [4.69, 9.17) is 5.73 Å². The third kappa shape index (κ3) is 2.44. The summed E-state index contributed by atoms with van der Waals surface area (Å²) in [5, 5.41) is 0. The predicted molar refractivity (Wildman–Crippen MR) is 60.4 cm³/mol. The van der Waals surface area contributed by atoms with Gasteiger partial charge in [-0.15, -0.1) is 0 Å². The molecule has 3 nitrogen and oxygen atoms in total. The van der Waals surface area contributed by atoms with Crippen LogP contribution in [0.3, 0.4) is 0 Å². The van der Waals surface area contributed by atoms with Crippen molar-refractivity contribution in [2.24, 2.45) is 5.73 Å². The number of aryl methyl sites for hydroxylation is 1. The number of hydrogen-bond acceptors (Lipinski definition) is 2. The van der Waals surface area contributed by atoms with Crippen LogP contribution in [-0.2, 0) is 6.42 Å². The Hall–Kier alpha value is -1.61. The Kier molecular flexibility index (Phi) is 2.83. The number of aromatic nitrogens is 2. The number of H-pyrrole nitrogens is 1. The number of nitrogens with two attached hydrogens (primary N) is 1. The van der Waals surface area contributed by atoms with E-state index in [0.29, 0.717) is 0 Å². The first-order valence-electron chi connectivity index (χ1n) is 5.06. The molecule has 0 spiro atoms. The molecule has 2 aromatic rings. The van der Waals surface area contributed by atoms with Crippen molar-refractivity contribution in [2.45, 2.75) is 19.4 Å². The highest BCUT2D eigenvalue weighted by Gasteiger charge is 2.07. The Labute approximate surface area is 89.4 Å².